The highest BCUT2D eigenvalue weighted by atomic mass is 16.1. The molecule has 0 saturated carbocycles. The lowest BCUT2D eigenvalue weighted by Crippen LogP contribution is -2.29. The SMILES string of the molecule is CC(C)NCC(=O)c1ccc(C(C)C)cc1. The van der Waals surface area contributed by atoms with Gasteiger partial charge in [0, 0.05) is 11.6 Å². The van der Waals surface area contributed by atoms with Crippen molar-refractivity contribution in [2.45, 2.75) is 39.7 Å². The Bertz CT molecular complexity index is 338. The number of carbonyl (C=O) groups excluding carboxylic acids is 1. The van der Waals surface area contributed by atoms with Crippen molar-refractivity contribution in [3.63, 3.8) is 0 Å². The molecule has 0 amide bonds. The summed E-state index contributed by atoms with van der Waals surface area (Å²) in [6, 6.07) is 8.25. The largest absolute Gasteiger partial charge is 0.307 e. The molecule has 0 aliphatic rings. The summed E-state index contributed by atoms with van der Waals surface area (Å²) >= 11 is 0. The Morgan fingerprint density at radius 2 is 1.69 bits per heavy atom. The molecule has 0 atom stereocenters. The average molecular weight is 219 g/mol. The fraction of sp³-hybridized carbons (Fsp3) is 0.500. The number of rotatable bonds is 5. The van der Waals surface area contributed by atoms with Crippen LogP contribution in [0.2, 0.25) is 0 Å². The number of ketones is 1. The molecule has 88 valence electrons. The fourth-order valence-corrected chi connectivity index (χ4v) is 1.45. The van der Waals surface area contributed by atoms with E-state index in [0.29, 0.717) is 18.5 Å². The van der Waals surface area contributed by atoms with Crippen molar-refractivity contribution in [3.8, 4) is 0 Å². The maximum Gasteiger partial charge on any atom is 0.176 e. The zero-order valence-corrected chi connectivity index (χ0v) is 10.6. The first-order valence-electron chi connectivity index (χ1n) is 5.87. The van der Waals surface area contributed by atoms with Crippen LogP contribution in [0, 0.1) is 0 Å². The second-order valence-corrected chi connectivity index (χ2v) is 4.74. The zero-order chi connectivity index (χ0) is 12.1. The Kier molecular flexibility index (Phi) is 4.69. The van der Waals surface area contributed by atoms with Gasteiger partial charge in [0.25, 0.3) is 0 Å². The van der Waals surface area contributed by atoms with Gasteiger partial charge in [0.05, 0.1) is 6.54 Å². The summed E-state index contributed by atoms with van der Waals surface area (Å²) in [7, 11) is 0. The number of benzene rings is 1. The molecule has 2 heteroatoms. The topological polar surface area (TPSA) is 29.1 Å². The van der Waals surface area contributed by atoms with Crippen molar-refractivity contribution >= 4 is 5.78 Å². The van der Waals surface area contributed by atoms with Crippen LogP contribution in [-0.2, 0) is 0 Å². The summed E-state index contributed by atoms with van der Waals surface area (Å²) in [6.07, 6.45) is 0. The summed E-state index contributed by atoms with van der Waals surface area (Å²) < 4.78 is 0. The van der Waals surface area contributed by atoms with Gasteiger partial charge in [-0.1, -0.05) is 52.0 Å². The van der Waals surface area contributed by atoms with Gasteiger partial charge in [-0.2, -0.15) is 0 Å². The van der Waals surface area contributed by atoms with Crippen molar-refractivity contribution in [3.05, 3.63) is 35.4 Å². The maximum absolute atomic E-state index is 11.8. The highest BCUT2D eigenvalue weighted by molar-refractivity contribution is 5.97. The van der Waals surface area contributed by atoms with Gasteiger partial charge in [-0.3, -0.25) is 4.79 Å². The standard InChI is InChI=1S/C14H21NO/c1-10(2)12-5-7-13(8-6-12)14(16)9-15-11(3)4/h5-8,10-11,15H,9H2,1-4H3. The summed E-state index contributed by atoms with van der Waals surface area (Å²) in [5.41, 5.74) is 2.06. The van der Waals surface area contributed by atoms with E-state index < -0.39 is 0 Å². The molecule has 1 N–H and O–H groups in total. The van der Waals surface area contributed by atoms with E-state index >= 15 is 0 Å². The molecule has 1 aromatic rings. The van der Waals surface area contributed by atoms with Gasteiger partial charge in [0.15, 0.2) is 5.78 Å². The molecule has 0 saturated heterocycles. The van der Waals surface area contributed by atoms with Crippen molar-refractivity contribution < 1.29 is 4.79 Å². The van der Waals surface area contributed by atoms with Crippen LogP contribution >= 0.6 is 0 Å². The lowest BCUT2D eigenvalue weighted by atomic mass is 10.0. The molecule has 1 aromatic carbocycles. The van der Waals surface area contributed by atoms with Crippen LogP contribution in [0.5, 0.6) is 0 Å². The quantitative estimate of drug-likeness (QED) is 0.771. The predicted octanol–water partition coefficient (Wildman–Crippen LogP) is 2.99. The van der Waals surface area contributed by atoms with Gasteiger partial charge in [0.2, 0.25) is 0 Å². The minimum Gasteiger partial charge on any atom is -0.307 e. The zero-order valence-electron chi connectivity index (χ0n) is 10.6. The lowest BCUT2D eigenvalue weighted by molar-refractivity contribution is 0.0988. The molecule has 0 radical (unpaired) electrons. The van der Waals surface area contributed by atoms with Gasteiger partial charge in [-0.05, 0) is 11.5 Å². The van der Waals surface area contributed by atoms with Crippen LogP contribution in [0.25, 0.3) is 0 Å². The van der Waals surface area contributed by atoms with E-state index in [0.717, 1.165) is 5.56 Å². The Morgan fingerprint density at radius 1 is 1.12 bits per heavy atom. The van der Waals surface area contributed by atoms with Gasteiger partial charge in [-0.25, -0.2) is 0 Å². The Hall–Kier alpha value is -1.15. The van der Waals surface area contributed by atoms with Crippen LogP contribution in [0.1, 0.15) is 49.5 Å². The number of Topliss-reactive ketones (excluding diaryl/α,β-unsaturated/α-hetero) is 1. The first-order chi connectivity index (χ1) is 7.50. The highest BCUT2D eigenvalue weighted by Crippen LogP contribution is 2.14. The second kappa shape index (κ2) is 5.80. The van der Waals surface area contributed by atoms with Crippen LogP contribution in [0.4, 0.5) is 0 Å². The van der Waals surface area contributed by atoms with Crippen LogP contribution in [0.3, 0.4) is 0 Å². The van der Waals surface area contributed by atoms with Gasteiger partial charge < -0.3 is 5.32 Å². The molecule has 0 unspecified atom stereocenters. The van der Waals surface area contributed by atoms with Crippen molar-refractivity contribution in [2.24, 2.45) is 0 Å². The van der Waals surface area contributed by atoms with E-state index in [4.69, 9.17) is 0 Å². The van der Waals surface area contributed by atoms with Crippen LogP contribution in [-0.4, -0.2) is 18.4 Å². The monoisotopic (exact) mass is 219 g/mol. The first-order valence-corrected chi connectivity index (χ1v) is 5.87. The summed E-state index contributed by atoms with van der Waals surface area (Å²) in [5.74, 6) is 0.668. The van der Waals surface area contributed by atoms with E-state index in [9.17, 15) is 4.79 Å². The third kappa shape index (κ3) is 3.78. The molecule has 0 bridgehead atoms. The maximum atomic E-state index is 11.8. The molecule has 0 aliphatic carbocycles. The van der Waals surface area contributed by atoms with Crippen molar-refractivity contribution in [1.82, 2.24) is 5.32 Å². The third-order valence-corrected chi connectivity index (χ3v) is 2.57. The molecule has 0 aromatic heterocycles. The van der Waals surface area contributed by atoms with Crippen molar-refractivity contribution in [2.75, 3.05) is 6.54 Å². The molecule has 0 fully saturated rings. The van der Waals surface area contributed by atoms with E-state index in [2.05, 4.69) is 19.2 Å². The van der Waals surface area contributed by atoms with E-state index in [-0.39, 0.29) is 5.78 Å². The van der Waals surface area contributed by atoms with Crippen LogP contribution in [0.15, 0.2) is 24.3 Å². The number of hydrogen-bond acceptors (Lipinski definition) is 2. The third-order valence-electron chi connectivity index (χ3n) is 2.57. The number of nitrogens with one attached hydrogen (secondary N) is 1. The smallest absolute Gasteiger partial charge is 0.176 e. The molecular formula is C14H21NO. The molecule has 1 rings (SSSR count). The summed E-state index contributed by atoms with van der Waals surface area (Å²) in [4.78, 5) is 11.8. The molecule has 0 spiro atoms. The highest BCUT2D eigenvalue weighted by Gasteiger charge is 2.06. The summed E-state index contributed by atoms with van der Waals surface area (Å²) in [6.45, 7) is 8.79. The molecular weight excluding hydrogens is 198 g/mol. The average Bonchev–Trinajstić information content (AvgIpc) is 2.26. The Labute approximate surface area is 98.1 Å². The first kappa shape index (κ1) is 12.9. The molecule has 0 aliphatic heterocycles. The Morgan fingerprint density at radius 3 is 2.12 bits per heavy atom. The lowest BCUT2D eigenvalue weighted by Gasteiger charge is -2.08. The number of hydrogen-bond donors (Lipinski definition) is 1. The normalized spacial score (nSPS) is 11.1. The fourth-order valence-electron chi connectivity index (χ4n) is 1.45. The van der Waals surface area contributed by atoms with Crippen molar-refractivity contribution in [1.29, 1.82) is 0 Å². The van der Waals surface area contributed by atoms with Crippen LogP contribution < -0.4 is 5.32 Å². The molecule has 16 heavy (non-hydrogen) atoms. The van der Waals surface area contributed by atoms with Gasteiger partial charge >= 0.3 is 0 Å². The molecule has 0 heterocycles. The van der Waals surface area contributed by atoms with E-state index in [1.165, 1.54) is 5.56 Å². The minimum absolute atomic E-state index is 0.156. The van der Waals surface area contributed by atoms with E-state index in [1.54, 1.807) is 0 Å². The van der Waals surface area contributed by atoms with E-state index in [1.807, 2.05) is 38.1 Å². The molecule has 2 nitrogen and oxygen atoms in total. The number of carbonyl (C=O) groups is 1. The Balaban J connectivity index is 2.63. The minimum atomic E-state index is 0.156. The second-order valence-electron chi connectivity index (χ2n) is 4.74. The predicted molar refractivity (Wildman–Crippen MR) is 68.0 cm³/mol. The van der Waals surface area contributed by atoms with Gasteiger partial charge in [-0.15, -0.1) is 0 Å². The summed E-state index contributed by atoms with van der Waals surface area (Å²) in [5, 5.41) is 3.13. The van der Waals surface area contributed by atoms with Gasteiger partial charge in [0.1, 0.15) is 0 Å².